The lowest BCUT2D eigenvalue weighted by Crippen LogP contribution is -2.11. The van der Waals surface area contributed by atoms with Crippen molar-refractivity contribution in [2.45, 2.75) is 6.92 Å². The zero-order valence-corrected chi connectivity index (χ0v) is 6.33. The molecule has 1 rings (SSSR count). The van der Waals surface area contributed by atoms with Crippen LogP contribution < -0.4 is 11.3 Å². The van der Waals surface area contributed by atoms with Gasteiger partial charge in [0.05, 0.1) is 4.92 Å². The van der Waals surface area contributed by atoms with Crippen molar-refractivity contribution in [1.82, 2.24) is 4.98 Å². The Morgan fingerprint density at radius 3 is 2.67 bits per heavy atom. The number of aromatic nitrogens is 1. The van der Waals surface area contributed by atoms with Crippen molar-refractivity contribution in [3.63, 3.8) is 0 Å². The second-order valence-corrected chi connectivity index (χ2v) is 2.34. The fourth-order valence-electron chi connectivity index (χ4n) is 0.948. The number of H-pyrrole nitrogens is 1. The lowest BCUT2D eigenvalue weighted by Gasteiger charge is -1.98. The summed E-state index contributed by atoms with van der Waals surface area (Å²) in [5.74, 6) is -0.204. The number of nitrogens with one attached hydrogen (secondary N) is 1. The molecule has 3 N–H and O–H groups in total. The number of nitrogens with two attached hydrogens (primary N) is 1. The van der Waals surface area contributed by atoms with Crippen LogP contribution in [0, 0.1) is 17.0 Å². The number of hydrogen-bond donors (Lipinski definition) is 2. The molecule has 1 aromatic rings. The zero-order valence-electron chi connectivity index (χ0n) is 6.33. The minimum atomic E-state index is -0.624. The predicted octanol–water partition coefficient (Wildman–Crippen LogP) is 0.174. The van der Waals surface area contributed by atoms with Crippen LogP contribution in [0.1, 0.15) is 5.56 Å². The van der Waals surface area contributed by atoms with Gasteiger partial charge in [0.1, 0.15) is 0 Å². The van der Waals surface area contributed by atoms with Gasteiger partial charge >= 0.3 is 5.69 Å². The second kappa shape index (κ2) is 2.65. The van der Waals surface area contributed by atoms with Crippen LogP contribution in [-0.4, -0.2) is 9.91 Å². The lowest BCUT2D eigenvalue weighted by atomic mass is 10.2. The molecule has 0 saturated heterocycles. The van der Waals surface area contributed by atoms with Crippen molar-refractivity contribution < 1.29 is 4.92 Å². The van der Waals surface area contributed by atoms with Crippen LogP contribution in [0.25, 0.3) is 0 Å². The standard InChI is InChI=1S/C6H7N3O3/c1-3-2-4(10)8-6(7)5(3)9(11)12/h2H,1H3,(H3,7,8,10). The minimum absolute atomic E-state index is 0.204. The van der Waals surface area contributed by atoms with Gasteiger partial charge in [-0.2, -0.15) is 0 Å². The van der Waals surface area contributed by atoms with Crippen molar-refractivity contribution in [3.8, 4) is 0 Å². The number of nitrogen functional groups attached to an aromatic ring is 1. The summed E-state index contributed by atoms with van der Waals surface area (Å²) in [7, 11) is 0. The largest absolute Gasteiger partial charge is 0.379 e. The molecule has 0 amide bonds. The molecule has 0 atom stereocenters. The van der Waals surface area contributed by atoms with Crippen LogP contribution in [0.3, 0.4) is 0 Å². The molecule has 0 aliphatic heterocycles. The topological polar surface area (TPSA) is 102 Å². The molecule has 64 valence electrons. The third kappa shape index (κ3) is 1.26. The molecule has 0 aliphatic carbocycles. The van der Waals surface area contributed by atoms with Crippen LogP contribution in [0.4, 0.5) is 11.5 Å². The van der Waals surface area contributed by atoms with E-state index in [1.54, 1.807) is 0 Å². The smallest absolute Gasteiger partial charge is 0.312 e. The van der Waals surface area contributed by atoms with Crippen molar-refractivity contribution in [2.24, 2.45) is 0 Å². The maximum atomic E-state index is 10.7. The van der Waals surface area contributed by atoms with Crippen molar-refractivity contribution >= 4 is 11.5 Å². The Bertz CT molecular complexity index is 356. The van der Waals surface area contributed by atoms with Gasteiger partial charge in [0.15, 0.2) is 5.82 Å². The van der Waals surface area contributed by atoms with Crippen molar-refractivity contribution in [1.29, 1.82) is 0 Å². The van der Waals surface area contributed by atoms with Crippen LogP contribution in [-0.2, 0) is 0 Å². The maximum Gasteiger partial charge on any atom is 0.312 e. The fourth-order valence-corrected chi connectivity index (χ4v) is 0.948. The van der Waals surface area contributed by atoms with Crippen LogP contribution in [0.5, 0.6) is 0 Å². The third-order valence-electron chi connectivity index (χ3n) is 1.42. The van der Waals surface area contributed by atoms with Gasteiger partial charge in [-0.15, -0.1) is 0 Å². The second-order valence-electron chi connectivity index (χ2n) is 2.34. The molecule has 0 unspecified atom stereocenters. The number of aryl methyl sites for hydroxylation is 1. The van der Waals surface area contributed by atoms with Gasteiger partial charge in [0.25, 0.3) is 0 Å². The van der Waals surface area contributed by atoms with E-state index in [2.05, 4.69) is 4.98 Å². The predicted molar refractivity (Wildman–Crippen MR) is 42.9 cm³/mol. The number of nitro groups is 1. The Morgan fingerprint density at radius 2 is 2.25 bits per heavy atom. The first-order chi connectivity index (χ1) is 5.52. The maximum absolute atomic E-state index is 10.7. The first-order valence-corrected chi connectivity index (χ1v) is 3.16. The molecule has 0 saturated carbocycles. The van der Waals surface area contributed by atoms with Gasteiger partial charge in [0.2, 0.25) is 5.56 Å². The van der Waals surface area contributed by atoms with E-state index in [0.717, 1.165) is 6.07 Å². The van der Waals surface area contributed by atoms with Gasteiger partial charge in [-0.05, 0) is 6.92 Å². The molecule has 0 aromatic carbocycles. The Morgan fingerprint density at radius 1 is 1.67 bits per heavy atom. The highest BCUT2D eigenvalue weighted by atomic mass is 16.6. The van der Waals surface area contributed by atoms with E-state index in [-0.39, 0.29) is 17.1 Å². The molecule has 0 spiro atoms. The summed E-state index contributed by atoms with van der Waals surface area (Å²) in [5, 5.41) is 10.4. The third-order valence-corrected chi connectivity index (χ3v) is 1.42. The summed E-state index contributed by atoms with van der Waals surface area (Å²) in [6, 6.07) is 1.13. The first kappa shape index (κ1) is 8.25. The van der Waals surface area contributed by atoms with Crippen molar-refractivity contribution in [3.05, 3.63) is 32.1 Å². The summed E-state index contributed by atoms with van der Waals surface area (Å²) < 4.78 is 0. The molecule has 1 heterocycles. The van der Waals surface area contributed by atoms with E-state index in [4.69, 9.17) is 5.73 Å². The van der Waals surface area contributed by atoms with Gasteiger partial charge in [0, 0.05) is 11.6 Å². The Balaban J connectivity index is 3.48. The number of anilines is 1. The highest BCUT2D eigenvalue weighted by molar-refractivity contribution is 5.56. The number of pyridine rings is 1. The van der Waals surface area contributed by atoms with Gasteiger partial charge < -0.3 is 10.7 Å². The highest BCUT2D eigenvalue weighted by Crippen LogP contribution is 2.20. The van der Waals surface area contributed by atoms with Gasteiger partial charge in [-0.1, -0.05) is 0 Å². The molecule has 0 aliphatic rings. The average Bonchev–Trinajstić information content (AvgIpc) is 1.82. The highest BCUT2D eigenvalue weighted by Gasteiger charge is 2.15. The average molecular weight is 169 g/mol. The molecular formula is C6H7N3O3. The van der Waals surface area contributed by atoms with E-state index in [9.17, 15) is 14.9 Å². The fraction of sp³-hybridized carbons (Fsp3) is 0.167. The van der Waals surface area contributed by atoms with E-state index < -0.39 is 10.5 Å². The molecule has 6 nitrogen and oxygen atoms in total. The summed E-state index contributed by atoms with van der Waals surface area (Å²) in [5.41, 5.74) is 4.82. The van der Waals surface area contributed by atoms with Gasteiger partial charge in [-0.3, -0.25) is 14.9 Å². The number of hydrogen-bond acceptors (Lipinski definition) is 4. The summed E-state index contributed by atoms with van der Waals surface area (Å²) in [6.07, 6.45) is 0. The minimum Gasteiger partial charge on any atom is -0.379 e. The monoisotopic (exact) mass is 169 g/mol. The van der Waals surface area contributed by atoms with E-state index in [1.807, 2.05) is 0 Å². The Kier molecular flexibility index (Phi) is 1.82. The summed E-state index contributed by atoms with van der Waals surface area (Å²) in [4.78, 5) is 22.6. The van der Waals surface area contributed by atoms with E-state index in [1.165, 1.54) is 6.92 Å². The zero-order chi connectivity index (χ0) is 9.30. The van der Waals surface area contributed by atoms with Crippen LogP contribution in [0.2, 0.25) is 0 Å². The number of aromatic amines is 1. The Hall–Kier alpha value is -1.85. The molecule has 0 radical (unpaired) electrons. The summed E-state index contributed by atoms with van der Waals surface area (Å²) in [6.45, 7) is 1.46. The van der Waals surface area contributed by atoms with Crippen LogP contribution >= 0.6 is 0 Å². The van der Waals surface area contributed by atoms with E-state index >= 15 is 0 Å². The van der Waals surface area contributed by atoms with E-state index in [0.29, 0.717) is 0 Å². The molecule has 0 bridgehead atoms. The number of nitrogens with zero attached hydrogens (tertiary/aromatic N) is 1. The molecule has 1 aromatic heterocycles. The lowest BCUT2D eigenvalue weighted by molar-refractivity contribution is -0.384. The number of rotatable bonds is 1. The van der Waals surface area contributed by atoms with Gasteiger partial charge in [-0.25, -0.2) is 0 Å². The molecule has 6 heteroatoms. The van der Waals surface area contributed by atoms with Crippen LogP contribution in [0.15, 0.2) is 10.9 Å². The normalized spacial score (nSPS) is 9.75. The quantitative estimate of drug-likeness (QED) is 0.462. The van der Waals surface area contributed by atoms with Crippen molar-refractivity contribution in [2.75, 3.05) is 5.73 Å². The summed E-state index contributed by atoms with van der Waals surface area (Å²) >= 11 is 0. The molecular weight excluding hydrogens is 162 g/mol. The molecule has 12 heavy (non-hydrogen) atoms. The SMILES string of the molecule is Cc1cc(=O)[nH]c(N)c1[N+](=O)[O-]. The Labute approximate surface area is 67.2 Å². The molecule has 0 fully saturated rings. The first-order valence-electron chi connectivity index (χ1n) is 3.16.